The Hall–Kier alpha value is -1.91. The molecule has 3 rings (SSSR count). The summed E-state index contributed by atoms with van der Waals surface area (Å²) in [5, 5.41) is 9.56. The standard InChI is InChI=1S/C18H17ClFNO2/c19-16-7-6-13(8-17(16)20)14-10-21(11-15(14)18(22)23)9-12-4-2-1-3-5-12/h1-8,14-15H,9-11H2,(H,22,23)/t14-,15-/m1/s1. The molecule has 0 saturated carbocycles. The third-order valence-corrected chi connectivity index (χ3v) is 4.64. The minimum Gasteiger partial charge on any atom is -0.481 e. The Bertz CT molecular complexity index is 707. The van der Waals surface area contributed by atoms with Gasteiger partial charge in [0.15, 0.2) is 0 Å². The van der Waals surface area contributed by atoms with Crippen molar-refractivity contribution in [3.8, 4) is 0 Å². The summed E-state index contributed by atoms with van der Waals surface area (Å²) in [4.78, 5) is 13.7. The van der Waals surface area contributed by atoms with Crippen LogP contribution in [0.15, 0.2) is 48.5 Å². The van der Waals surface area contributed by atoms with Gasteiger partial charge in [0.1, 0.15) is 5.82 Å². The van der Waals surface area contributed by atoms with Crippen LogP contribution in [-0.4, -0.2) is 29.1 Å². The number of aliphatic carboxylic acids is 1. The van der Waals surface area contributed by atoms with Crippen LogP contribution in [0.3, 0.4) is 0 Å². The van der Waals surface area contributed by atoms with Gasteiger partial charge in [-0.3, -0.25) is 9.69 Å². The molecule has 2 aromatic rings. The molecule has 1 saturated heterocycles. The van der Waals surface area contributed by atoms with Gasteiger partial charge in [0.25, 0.3) is 0 Å². The molecule has 5 heteroatoms. The first-order chi connectivity index (χ1) is 11.0. The fourth-order valence-corrected chi connectivity index (χ4v) is 3.30. The summed E-state index contributed by atoms with van der Waals surface area (Å²) in [7, 11) is 0. The van der Waals surface area contributed by atoms with Gasteiger partial charge in [-0.05, 0) is 23.3 Å². The van der Waals surface area contributed by atoms with Crippen LogP contribution < -0.4 is 0 Å². The van der Waals surface area contributed by atoms with Crippen molar-refractivity contribution in [2.45, 2.75) is 12.5 Å². The lowest BCUT2D eigenvalue weighted by Gasteiger charge is -2.16. The van der Waals surface area contributed by atoms with E-state index >= 15 is 0 Å². The molecule has 0 radical (unpaired) electrons. The van der Waals surface area contributed by atoms with E-state index in [0.717, 1.165) is 5.56 Å². The first-order valence-electron chi connectivity index (χ1n) is 7.48. The van der Waals surface area contributed by atoms with E-state index in [9.17, 15) is 14.3 Å². The minimum absolute atomic E-state index is 0.0553. The van der Waals surface area contributed by atoms with E-state index in [1.807, 2.05) is 30.3 Å². The average Bonchev–Trinajstić information content (AvgIpc) is 2.95. The zero-order valence-electron chi connectivity index (χ0n) is 12.5. The molecule has 23 heavy (non-hydrogen) atoms. The summed E-state index contributed by atoms with van der Waals surface area (Å²) in [5.41, 5.74) is 1.83. The Balaban J connectivity index is 1.81. The number of hydrogen-bond acceptors (Lipinski definition) is 2. The minimum atomic E-state index is -0.846. The number of halogens is 2. The maximum Gasteiger partial charge on any atom is 0.308 e. The van der Waals surface area contributed by atoms with Crippen LogP contribution in [0.25, 0.3) is 0 Å². The Morgan fingerprint density at radius 3 is 2.61 bits per heavy atom. The molecule has 2 aromatic carbocycles. The highest BCUT2D eigenvalue weighted by Crippen LogP contribution is 2.35. The van der Waals surface area contributed by atoms with Crippen molar-refractivity contribution >= 4 is 17.6 Å². The molecule has 1 aliphatic heterocycles. The number of carboxylic acids is 1. The van der Waals surface area contributed by atoms with Crippen molar-refractivity contribution < 1.29 is 14.3 Å². The van der Waals surface area contributed by atoms with Crippen molar-refractivity contribution in [1.82, 2.24) is 4.90 Å². The van der Waals surface area contributed by atoms with Gasteiger partial charge in [-0.15, -0.1) is 0 Å². The maximum atomic E-state index is 13.7. The molecule has 1 fully saturated rings. The average molecular weight is 334 g/mol. The van der Waals surface area contributed by atoms with E-state index in [2.05, 4.69) is 4.90 Å². The molecule has 0 bridgehead atoms. The first-order valence-corrected chi connectivity index (χ1v) is 7.86. The molecular weight excluding hydrogens is 317 g/mol. The summed E-state index contributed by atoms with van der Waals surface area (Å²) in [5.74, 6) is -2.13. The second-order valence-electron chi connectivity index (χ2n) is 5.90. The third-order valence-electron chi connectivity index (χ3n) is 4.33. The Kier molecular flexibility index (Phi) is 4.64. The van der Waals surface area contributed by atoms with Crippen LogP contribution in [0.1, 0.15) is 17.0 Å². The number of nitrogens with zero attached hydrogens (tertiary/aromatic N) is 1. The number of hydrogen-bond donors (Lipinski definition) is 1. The van der Waals surface area contributed by atoms with Crippen molar-refractivity contribution in [2.75, 3.05) is 13.1 Å². The topological polar surface area (TPSA) is 40.5 Å². The number of rotatable bonds is 4. The lowest BCUT2D eigenvalue weighted by atomic mass is 9.89. The van der Waals surface area contributed by atoms with Crippen LogP contribution in [0.5, 0.6) is 0 Å². The quantitative estimate of drug-likeness (QED) is 0.925. The number of carbonyl (C=O) groups is 1. The normalized spacial score (nSPS) is 21.5. The predicted molar refractivity (Wildman–Crippen MR) is 87.0 cm³/mol. The molecule has 3 nitrogen and oxygen atoms in total. The molecule has 0 aromatic heterocycles. The second kappa shape index (κ2) is 6.69. The highest BCUT2D eigenvalue weighted by atomic mass is 35.5. The highest BCUT2D eigenvalue weighted by Gasteiger charge is 2.38. The number of likely N-dealkylation sites (tertiary alicyclic amines) is 1. The molecule has 1 N–H and O–H groups in total. The van der Waals surface area contributed by atoms with Crippen molar-refractivity contribution in [1.29, 1.82) is 0 Å². The van der Waals surface area contributed by atoms with E-state index in [0.29, 0.717) is 25.2 Å². The summed E-state index contributed by atoms with van der Waals surface area (Å²) in [6, 6.07) is 14.5. The van der Waals surface area contributed by atoms with Crippen LogP contribution in [-0.2, 0) is 11.3 Å². The molecule has 1 heterocycles. The summed E-state index contributed by atoms with van der Waals surface area (Å²) in [6.07, 6.45) is 0. The van der Waals surface area contributed by atoms with E-state index < -0.39 is 17.7 Å². The van der Waals surface area contributed by atoms with E-state index in [1.165, 1.54) is 12.1 Å². The van der Waals surface area contributed by atoms with Gasteiger partial charge in [0, 0.05) is 25.6 Å². The smallest absolute Gasteiger partial charge is 0.308 e. The van der Waals surface area contributed by atoms with Gasteiger partial charge in [-0.25, -0.2) is 4.39 Å². The van der Waals surface area contributed by atoms with Crippen molar-refractivity contribution in [2.24, 2.45) is 5.92 Å². The van der Waals surface area contributed by atoms with Gasteiger partial charge in [-0.1, -0.05) is 48.0 Å². The van der Waals surface area contributed by atoms with E-state index in [4.69, 9.17) is 11.6 Å². The van der Waals surface area contributed by atoms with E-state index in [-0.39, 0.29) is 10.9 Å². The van der Waals surface area contributed by atoms with Crippen LogP contribution in [0.2, 0.25) is 5.02 Å². The van der Waals surface area contributed by atoms with Gasteiger partial charge in [0.05, 0.1) is 10.9 Å². The second-order valence-corrected chi connectivity index (χ2v) is 6.31. The molecule has 1 aliphatic rings. The highest BCUT2D eigenvalue weighted by molar-refractivity contribution is 6.30. The van der Waals surface area contributed by atoms with Crippen molar-refractivity contribution in [3.05, 3.63) is 70.5 Å². The maximum absolute atomic E-state index is 13.7. The monoisotopic (exact) mass is 333 g/mol. The predicted octanol–water partition coefficient (Wildman–Crippen LogP) is 3.78. The van der Waals surface area contributed by atoms with Crippen LogP contribution >= 0.6 is 11.6 Å². The zero-order chi connectivity index (χ0) is 16.4. The molecule has 0 unspecified atom stereocenters. The fraction of sp³-hybridized carbons (Fsp3) is 0.278. The summed E-state index contributed by atoms with van der Waals surface area (Å²) in [6.45, 7) is 1.74. The molecule has 2 atom stereocenters. The lowest BCUT2D eigenvalue weighted by molar-refractivity contribution is -0.141. The fourth-order valence-electron chi connectivity index (χ4n) is 3.19. The van der Waals surface area contributed by atoms with Crippen LogP contribution in [0.4, 0.5) is 4.39 Å². The summed E-state index contributed by atoms with van der Waals surface area (Å²) >= 11 is 5.72. The number of benzene rings is 2. The Morgan fingerprint density at radius 1 is 1.22 bits per heavy atom. The van der Waals surface area contributed by atoms with E-state index in [1.54, 1.807) is 6.07 Å². The van der Waals surface area contributed by atoms with Gasteiger partial charge < -0.3 is 5.11 Å². The lowest BCUT2D eigenvalue weighted by Crippen LogP contribution is -2.23. The third kappa shape index (κ3) is 3.54. The Morgan fingerprint density at radius 2 is 1.96 bits per heavy atom. The van der Waals surface area contributed by atoms with Crippen molar-refractivity contribution in [3.63, 3.8) is 0 Å². The molecule has 0 spiro atoms. The van der Waals surface area contributed by atoms with Crippen LogP contribution in [0, 0.1) is 11.7 Å². The van der Waals surface area contributed by atoms with Gasteiger partial charge >= 0.3 is 5.97 Å². The molecule has 0 amide bonds. The van der Waals surface area contributed by atoms with Gasteiger partial charge in [-0.2, -0.15) is 0 Å². The SMILES string of the molecule is O=C(O)[C@@H]1CN(Cc2ccccc2)C[C@@H]1c1ccc(Cl)c(F)c1. The number of carboxylic acid groups (broad SMARTS) is 1. The summed E-state index contributed by atoms with van der Waals surface area (Å²) < 4.78 is 13.7. The molecule has 120 valence electrons. The molecule has 0 aliphatic carbocycles. The first kappa shape index (κ1) is 16.0. The Labute approximate surface area is 139 Å². The van der Waals surface area contributed by atoms with Gasteiger partial charge in [0.2, 0.25) is 0 Å². The molecular formula is C18H17ClFNO2. The zero-order valence-corrected chi connectivity index (χ0v) is 13.2. The largest absolute Gasteiger partial charge is 0.481 e.